The van der Waals surface area contributed by atoms with Crippen LogP contribution >= 0.6 is 23.4 Å². The number of rotatable bonds is 9. The number of aliphatic imine (C=N–C) groups is 1. The van der Waals surface area contributed by atoms with Gasteiger partial charge in [-0.3, -0.25) is 9.79 Å². The fraction of sp³-hybridized carbons (Fsp3) is 0.609. The van der Waals surface area contributed by atoms with Gasteiger partial charge in [0.25, 0.3) is 0 Å². The van der Waals surface area contributed by atoms with Gasteiger partial charge in [-0.2, -0.15) is 0 Å². The van der Waals surface area contributed by atoms with E-state index < -0.39 is 23.4 Å². The number of carboxylic acid groups (broad SMARTS) is 2. The summed E-state index contributed by atoms with van der Waals surface area (Å²) < 4.78 is 10.9. The molecule has 0 bridgehead atoms. The average molecular weight is 497 g/mol. The third-order valence-electron chi connectivity index (χ3n) is 6.41. The van der Waals surface area contributed by atoms with E-state index in [1.54, 1.807) is 17.8 Å². The van der Waals surface area contributed by atoms with Crippen molar-refractivity contribution in [3.05, 3.63) is 22.7 Å². The maximum atomic E-state index is 12.4. The molecule has 0 saturated heterocycles. The van der Waals surface area contributed by atoms with E-state index in [2.05, 4.69) is 0 Å². The number of ether oxygens (including phenoxy) is 2. The Balaban J connectivity index is 1.49. The van der Waals surface area contributed by atoms with Gasteiger partial charge in [0, 0.05) is 35.7 Å². The Hall–Kier alpha value is -2.13. The zero-order valence-corrected chi connectivity index (χ0v) is 20.1. The molecule has 180 valence electrons. The van der Waals surface area contributed by atoms with Crippen molar-refractivity contribution in [1.29, 1.82) is 0 Å². The summed E-state index contributed by atoms with van der Waals surface area (Å²) in [6.07, 6.45) is 5.24. The molecule has 1 aliphatic carbocycles. The second kappa shape index (κ2) is 10.4. The third kappa shape index (κ3) is 5.51. The molecule has 0 spiro atoms. The second-order valence-electron chi connectivity index (χ2n) is 8.77. The number of halogens is 1. The van der Waals surface area contributed by atoms with Gasteiger partial charge in [-0.1, -0.05) is 18.5 Å². The van der Waals surface area contributed by atoms with E-state index in [-0.39, 0.29) is 24.4 Å². The summed E-state index contributed by atoms with van der Waals surface area (Å²) in [4.78, 5) is 30.1. The van der Waals surface area contributed by atoms with Gasteiger partial charge < -0.3 is 24.6 Å². The Kier molecular flexibility index (Phi) is 7.58. The molecule has 4 rings (SSSR count). The van der Waals surface area contributed by atoms with Crippen LogP contribution in [0.2, 0.25) is 5.02 Å². The van der Waals surface area contributed by atoms with Gasteiger partial charge in [-0.15, -0.1) is 11.8 Å². The van der Waals surface area contributed by atoms with Crippen molar-refractivity contribution >= 4 is 41.1 Å². The molecular weight excluding hydrogens is 468 g/mol. The van der Waals surface area contributed by atoms with Crippen molar-refractivity contribution in [2.45, 2.75) is 75.1 Å². The Labute approximate surface area is 202 Å². The first-order valence-corrected chi connectivity index (χ1v) is 12.7. The summed E-state index contributed by atoms with van der Waals surface area (Å²) in [5.74, 6) is 0.545. The molecule has 1 fully saturated rings. The van der Waals surface area contributed by atoms with Gasteiger partial charge in [0.15, 0.2) is 17.5 Å². The predicted molar refractivity (Wildman–Crippen MR) is 126 cm³/mol. The quantitative estimate of drug-likeness (QED) is 0.509. The van der Waals surface area contributed by atoms with E-state index in [9.17, 15) is 14.7 Å². The molecule has 3 aliphatic rings. The third-order valence-corrected chi connectivity index (χ3v) is 8.26. The Morgan fingerprint density at radius 2 is 1.88 bits per heavy atom. The lowest BCUT2D eigenvalue weighted by Gasteiger charge is -2.31. The van der Waals surface area contributed by atoms with Gasteiger partial charge in [-0.05, 0) is 49.7 Å². The number of fused-ring (bicyclic) bond motifs is 1. The molecule has 33 heavy (non-hydrogen) atoms. The van der Waals surface area contributed by atoms with E-state index >= 15 is 0 Å². The summed E-state index contributed by atoms with van der Waals surface area (Å²) in [6.45, 7) is 2.52. The largest absolute Gasteiger partial charge is 0.481 e. The second-order valence-corrected chi connectivity index (χ2v) is 10.6. The lowest BCUT2D eigenvalue weighted by atomic mass is 9.87. The van der Waals surface area contributed by atoms with Gasteiger partial charge >= 0.3 is 11.9 Å². The molecule has 0 radical (unpaired) electrons. The molecule has 0 aromatic heterocycles. The summed E-state index contributed by atoms with van der Waals surface area (Å²) in [5.41, 5.74) is 0.774. The van der Waals surface area contributed by atoms with Crippen molar-refractivity contribution in [2.75, 3.05) is 6.79 Å². The zero-order valence-electron chi connectivity index (χ0n) is 18.5. The molecule has 8 nitrogen and oxygen atoms in total. The summed E-state index contributed by atoms with van der Waals surface area (Å²) in [5, 5.41) is 19.6. The number of aliphatic carboxylic acids is 2. The molecule has 1 aromatic rings. The minimum Gasteiger partial charge on any atom is -0.481 e. The number of amidine groups is 1. The SMILES string of the molecule is CCCC1=NC(SC2CCC(CC(=O)O)CC2)C(C(=O)O)N1Cc1cc2c(cc1Cl)OCO2. The van der Waals surface area contributed by atoms with Crippen LogP contribution in [0.25, 0.3) is 0 Å². The van der Waals surface area contributed by atoms with Crippen LogP contribution < -0.4 is 9.47 Å². The maximum absolute atomic E-state index is 12.4. The molecule has 1 saturated carbocycles. The van der Waals surface area contributed by atoms with Crippen LogP contribution in [-0.2, 0) is 16.1 Å². The molecule has 2 unspecified atom stereocenters. The topological polar surface area (TPSA) is 109 Å². The van der Waals surface area contributed by atoms with Gasteiger partial charge in [0.05, 0.1) is 0 Å². The lowest BCUT2D eigenvalue weighted by Crippen LogP contribution is -2.44. The molecule has 10 heteroatoms. The number of hydrogen-bond donors (Lipinski definition) is 2. The monoisotopic (exact) mass is 496 g/mol. The first-order valence-electron chi connectivity index (χ1n) is 11.4. The molecule has 0 amide bonds. The highest BCUT2D eigenvalue weighted by atomic mass is 35.5. The van der Waals surface area contributed by atoms with Crippen molar-refractivity contribution in [1.82, 2.24) is 4.90 Å². The Morgan fingerprint density at radius 1 is 1.18 bits per heavy atom. The standard InChI is InChI=1S/C23H29ClN2O6S/c1-2-3-19-25-22(33-15-6-4-13(5-7-15)8-20(27)28)21(23(29)30)26(19)11-14-9-17-18(10-16(14)24)32-12-31-17/h9-10,13,15,21-22H,2-8,11-12H2,1H3,(H,27,28)(H,29,30). The molecule has 2 aliphatic heterocycles. The summed E-state index contributed by atoms with van der Waals surface area (Å²) in [7, 11) is 0. The highest BCUT2D eigenvalue weighted by molar-refractivity contribution is 8.00. The maximum Gasteiger partial charge on any atom is 0.329 e. The molecule has 1 aromatic carbocycles. The van der Waals surface area contributed by atoms with E-state index in [0.717, 1.165) is 43.5 Å². The number of hydrogen-bond acceptors (Lipinski definition) is 7. The van der Waals surface area contributed by atoms with Gasteiger partial charge in [-0.25, -0.2) is 4.79 Å². The van der Waals surface area contributed by atoms with Gasteiger partial charge in [0.1, 0.15) is 11.2 Å². The minimum absolute atomic E-state index is 0.145. The minimum atomic E-state index is -0.904. The molecular formula is C23H29ClN2O6S. The van der Waals surface area contributed by atoms with E-state index in [1.165, 1.54) is 0 Å². The number of thioether (sulfide) groups is 1. The first-order chi connectivity index (χ1) is 15.9. The van der Waals surface area contributed by atoms with Gasteiger partial charge in [0.2, 0.25) is 6.79 Å². The normalized spacial score (nSPS) is 26.4. The molecule has 2 N–H and O–H groups in total. The molecule has 2 heterocycles. The predicted octanol–water partition coefficient (Wildman–Crippen LogP) is 4.63. The summed E-state index contributed by atoms with van der Waals surface area (Å²) in [6, 6.07) is 2.75. The summed E-state index contributed by atoms with van der Waals surface area (Å²) >= 11 is 8.10. The van der Waals surface area contributed by atoms with E-state index in [1.807, 2.05) is 17.9 Å². The fourth-order valence-corrected chi connectivity index (χ4v) is 6.51. The van der Waals surface area contributed by atoms with Crippen LogP contribution in [0.15, 0.2) is 17.1 Å². The van der Waals surface area contributed by atoms with Crippen LogP contribution in [0.4, 0.5) is 0 Å². The van der Waals surface area contributed by atoms with Crippen molar-refractivity contribution in [2.24, 2.45) is 10.9 Å². The highest BCUT2D eigenvalue weighted by Gasteiger charge is 2.43. The van der Waals surface area contributed by atoms with Crippen LogP contribution in [0.5, 0.6) is 11.5 Å². The van der Waals surface area contributed by atoms with Crippen LogP contribution in [0.1, 0.15) is 57.4 Å². The van der Waals surface area contributed by atoms with Crippen LogP contribution in [0, 0.1) is 5.92 Å². The average Bonchev–Trinajstić information content (AvgIpc) is 3.34. The van der Waals surface area contributed by atoms with Crippen molar-refractivity contribution in [3.8, 4) is 11.5 Å². The number of nitrogens with zero attached hydrogens (tertiary/aromatic N) is 2. The van der Waals surface area contributed by atoms with Crippen molar-refractivity contribution in [3.63, 3.8) is 0 Å². The Morgan fingerprint density at radius 3 is 2.52 bits per heavy atom. The molecule has 2 atom stereocenters. The van der Waals surface area contributed by atoms with Crippen molar-refractivity contribution < 1.29 is 29.3 Å². The number of benzene rings is 1. The lowest BCUT2D eigenvalue weighted by molar-refractivity contribution is -0.141. The van der Waals surface area contributed by atoms with Crippen LogP contribution in [0.3, 0.4) is 0 Å². The number of carbonyl (C=O) groups is 2. The Bertz CT molecular complexity index is 934. The first kappa shape index (κ1) is 24.0. The highest BCUT2D eigenvalue weighted by Crippen LogP contribution is 2.41. The zero-order chi connectivity index (χ0) is 23.5. The van der Waals surface area contributed by atoms with E-state index in [0.29, 0.717) is 29.5 Å². The number of carboxylic acids is 2. The van der Waals surface area contributed by atoms with E-state index in [4.69, 9.17) is 31.2 Å². The fourth-order valence-electron chi connectivity index (χ4n) is 4.77. The van der Waals surface area contributed by atoms with Crippen LogP contribution in [-0.4, -0.2) is 56.3 Å². The smallest absolute Gasteiger partial charge is 0.329 e.